The van der Waals surface area contributed by atoms with Crippen LogP contribution < -0.4 is 5.32 Å². The summed E-state index contributed by atoms with van der Waals surface area (Å²) >= 11 is 0. The Hall–Kier alpha value is -2.70. The summed E-state index contributed by atoms with van der Waals surface area (Å²) in [6.45, 7) is 9.08. The van der Waals surface area contributed by atoms with Crippen molar-refractivity contribution in [2.45, 2.75) is 45.3 Å². The maximum atomic E-state index is 13.3. The molecule has 2 aliphatic rings. The van der Waals surface area contributed by atoms with Gasteiger partial charge in [-0.2, -0.15) is 0 Å². The number of nitrogens with zero attached hydrogens (tertiary/aromatic N) is 3. The van der Waals surface area contributed by atoms with E-state index in [9.17, 15) is 9.59 Å². The molecule has 6 heteroatoms. The maximum Gasteiger partial charge on any atom is 0.245 e. The number of aryl methyl sites for hydroxylation is 1. The molecule has 0 aromatic heterocycles. The third-order valence-corrected chi connectivity index (χ3v) is 6.95. The van der Waals surface area contributed by atoms with E-state index in [2.05, 4.69) is 65.7 Å². The van der Waals surface area contributed by atoms with Crippen LogP contribution in [0.4, 0.5) is 0 Å². The molecule has 0 aliphatic carbocycles. The van der Waals surface area contributed by atoms with Crippen LogP contribution in [0.2, 0.25) is 0 Å². The van der Waals surface area contributed by atoms with Gasteiger partial charge in [0.2, 0.25) is 11.8 Å². The van der Waals surface area contributed by atoms with Crippen LogP contribution in [-0.2, 0) is 22.6 Å². The first kappa shape index (κ1) is 23.5. The summed E-state index contributed by atoms with van der Waals surface area (Å²) < 4.78 is 0. The number of hydrogen-bond donors (Lipinski definition) is 1. The Kier molecular flexibility index (Phi) is 7.78. The topological polar surface area (TPSA) is 55.9 Å². The van der Waals surface area contributed by atoms with Crippen LogP contribution in [0.25, 0.3) is 0 Å². The molecule has 4 rings (SSSR count). The lowest BCUT2D eigenvalue weighted by molar-refractivity contribution is -0.143. The lowest BCUT2D eigenvalue weighted by Crippen LogP contribution is -2.53. The van der Waals surface area contributed by atoms with E-state index >= 15 is 0 Å². The molecule has 2 aromatic rings. The second kappa shape index (κ2) is 10.9. The fourth-order valence-corrected chi connectivity index (χ4v) is 4.99. The van der Waals surface area contributed by atoms with E-state index in [0.717, 1.165) is 32.6 Å². The summed E-state index contributed by atoms with van der Waals surface area (Å²) in [6.07, 6.45) is 1.64. The van der Waals surface area contributed by atoms with Gasteiger partial charge in [-0.3, -0.25) is 14.5 Å². The zero-order valence-corrected chi connectivity index (χ0v) is 19.9. The van der Waals surface area contributed by atoms with Gasteiger partial charge in [0.1, 0.15) is 6.04 Å². The Morgan fingerprint density at radius 2 is 1.70 bits per heavy atom. The Balaban J connectivity index is 1.51. The van der Waals surface area contributed by atoms with Gasteiger partial charge in [-0.15, -0.1) is 0 Å². The SMILES string of the molecule is CC(=O)N1CC(N(CCc2ccccc2)Cc2ccc(C)cc2)CC1C(=O)N1CCNCC1. The van der Waals surface area contributed by atoms with Gasteiger partial charge in [0.25, 0.3) is 0 Å². The number of amides is 2. The number of hydrogen-bond acceptors (Lipinski definition) is 4. The fraction of sp³-hybridized carbons (Fsp3) is 0.481. The molecule has 1 N–H and O–H groups in total. The van der Waals surface area contributed by atoms with Crippen molar-refractivity contribution in [2.24, 2.45) is 0 Å². The minimum Gasteiger partial charge on any atom is -0.338 e. The molecule has 2 unspecified atom stereocenters. The maximum absolute atomic E-state index is 13.3. The van der Waals surface area contributed by atoms with Crippen LogP contribution in [0.3, 0.4) is 0 Å². The zero-order chi connectivity index (χ0) is 23.2. The van der Waals surface area contributed by atoms with Gasteiger partial charge in [0, 0.05) is 58.8 Å². The molecule has 2 saturated heterocycles. The smallest absolute Gasteiger partial charge is 0.245 e. The second-order valence-electron chi connectivity index (χ2n) is 9.34. The molecule has 2 fully saturated rings. The highest BCUT2D eigenvalue weighted by Gasteiger charge is 2.42. The van der Waals surface area contributed by atoms with Crippen molar-refractivity contribution in [3.05, 3.63) is 71.3 Å². The number of nitrogens with one attached hydrogen (secondary N) is 1. The highest BCUT2D eigenvalue weighted by atomic mass is 16.2. The van der Waals surface area contributed by atoms with Gasteiger partial charge >= 0.3 is 0 Å². The van der Waals surface area contributed by atoms with Crippen molar-refractivity contribution in [2.75, 3.05) is 39.3 Å². The normalized spacial score (nSPS) is 20.9. The molecular formula is C27H36N4O2. The molecule has 2 aliphatic heterocycles. The Morgan fingerprint density at radius 3 is 2.36 bits per heavy atom. The molecule has 33 heavy (non-hydrogen) atoms. The summed E-state index contributed by atoms with van der Waals surface area (Å²) in [7, 11) is 0. The first-order valence-electron chi connectivity index (χ1n) is 12.1. The third-order valence-electron chi connectivity index (χ3n) is 6.95. The standard InChI is InChI=1S/C27H36N4O2/c1-21-8-10-24(11-9-21)19-30(15-12-23-6-4-3-5-7-23)25-18-26(31(20-25)22(2)32)27(33)29-16-13-28-14-17-29/h3-11,25-26,28H,12-20H2,1-2H3. The average molecular weight is 449 g/mol. The molecule has 0 bridgehead atoms. The number of carbonyl (C=O) groups excluding carboxylic acids is 2. The molecule has 176 valence electrons. The number of rotatable bonds is 7. The van der Waals surface area contributed by atoms with Crippen molar-refractivity contribution in [3.8, 4) is 0 Å². The number of piperazine rings is 1. The quantitative estimate of drug-likeness (QED) is 0.707. The molecule has 0 spiro atoms. The van der Waals surface area contributed by atoms with E-state index in [1.165, 1.54) is 16.7 Å². The van der Waals surface area contributed by atoms with Crippen LogP contribution >= 0.6 is 0 Å². The van der Waals surface area contributed by atoms with Gasteiger partial charge in [-0.05, 0) is 30.9 Å². The third kappa shape index (κ3) is 6.01. The lowest BCUT2D eigenvalue weighted by atomic mass is 10.1. The van der Waals surface area contributed by atoms with Crippen LogP contribution in [-0.4, -0.2) is 77.9 Å². The molecule has 6 nitrogen and oxygen atoms in total. The second-order valence-corrected chi connectivity index (χ2v) is 9.34. The number of carbonyl (C=O) groups is 2. The molecule has 2 atom stereocenters. The summed E-state index contributed by atoms with van der Waals surface area (Å²) in [6, 6.07) is 19.0. The Bertz CT molecular complexity index is 925. The minimum absolute atomic E-state index is 0.00988. The molecule has 0 radical (unpaired) electrons. The molecule has 2 heterocycles. The van der Waals surface area contributed by atoms with E-state index in [-0.39, 0.29) is 23.9 Å². The summed E-state index contributed by atoms with van der Waals surface area (Å²) in [4.78, 5) is 32.1. The highest BCUT2D eigenvalue weighted by Crippen LogP contribution is 2.26. The number of benzene rings is 2. The van der Waals surface area contributed by atoms with Gasteiger partial charge in [0.15, 0.2) is 0 Å². The molecule has 2 aromatic carbocycles. The van der Waals surface area contributed by atoms with Gasteiger partial charge in [0.05, 0.1) is 0 Å². The van der Waals surface area contributed by atoms with Crippen molar-refractivity contribution in [1.29, 1.82) is 0 Å². The predicted octanol–water partition coefficient (Wildman–Crippen LogP) is 2.46. The first-order valence-corrected chi connectivity index (χ1v) is 12.1. The highest BCUT2D eigenvalue weighted by molar-refractivity contribution is 5.87. The first-order chi connectivity index (χ1) is 16.0. The average Bonchev–Trinajstić information content (AvgIpc) is 3.29. The largest absolute Gasteiger partial charge is 0.338 e. The zero-order valence-electron chi connectivity index (χ0n) is 19.9. The molecule has 0 saturated carbocycles. The van der Waals surface area contributed by atoms with Gasteiger partial charge < -0.3 is 15.1 Å². The van der Waals surface area contributed by atoms with Crippen molar-refractivity contribution in [1.82, 2.24) is 20.0 Å². The van der Waals surface area contributed by atoms with Crippen LogP contribution in [0.15, 0.2) is 54.6 Å². The van der Waals surface area contributed by atoms with Crippen molar-refractivity contribution >= 4 is 11.8 Å². The minimum atomic E-state index is -0.358. The Labute approximate surface area is 197 Å². The van der Waals surface area contributed by atoms with Crippen LogP contribution in [0, 0.1) is 6.92 Å². The van der Waals surface area contributed by atoms with Crippen molar-refractivity contribution < 1.29 is 9.59 Å². The van der Waals surface area contributed by atoms with E-state index < -0.39 is 0 Å². The van der Waals surface area contributed by atoms with Crippen LogP contribution in [0.1, 0.15) is 30.0 Å². The lowest BCUT2D eigenvalue weighted by Gasteiger charge is -2.32. The number of likely N-dealkylation sites (tertiary alicyclic amines) is 1. The summed E-state index contributed by atoms with van der Waals surface area (Å²) in [5.74, 6) is 0.0943. The van der Waals surface area contributed by atoms with E-state index in [1.807, 2.05) is 11.0 Å². The fourth-order valence-electron chi connectivity index (χ4n) is 4.99. The van der Waals surface area contributed by atoms with Crippen LogP contribution in [0.5, 0.6) is 0 Å². The summed E-state index contributed by atoms with van der Waals surface area (Å²) in [5, 5.41) is 3.30. The molecular weight excluding hydrogens is 412 g/mol. The van der Waals surface area contributed by atoms with Gasteiger partial charge in [-0.1, -0.05) is 60.2 Å². The van der Waals surface area contributed by atoms with E-state index in [0.29, 0.717) is 26.1 Å². The van der Waals surface area contributed by atoms with E-state index in [1.54, 1.807) is 11.8 Å². The predicted molar refractivity (Wildman–Crippen MR) is 131 cm³/mol. The summed E-state index contributed by atoms with van der Waals surface area (Å²) in [5.41, 5.74) is 3.82. The molecule has 2 amide bonds. The van der Waals surface area contributed by atoms with E-state index in [4.69, 9.17) is 0 Å². The van der Waals surface area contributed by atoms with Gasteiger partial charge in [-0.25, -0.2) is 0 Å². The van der Waals surface area contributed by atoms with Crippen molar-refractivity contribution in [3.63, 3.8) is 0 Å². The Morgan fingerprint density at radius 1 is 1.00 bits per heavy atom. The monoisotopic (exact) mass is 448 g/mol.